The van der Waals surface area contributed by atoms with Crippen LogP contribution in [0, 0.1) is 6.92 Å². The molecule has 0 aliphatic carbocycles. The fraction of sp³-hybridized carbons (Fsp3) is 0.611. The van der Waals surface area contributed by atoms with Crippen LogP contribution in [0.1, 0.15) is 43.6 Å². The summed E-state index contributed by atoms with van der Waals surface area (Å²) in [6, 6.07) is 6.36. The van der Waals surface area contributed by atoms with Gasteiger partial charge in [-0.05, 0) is 23.5 Å². The molecule has 1 aromatic rings. The van der Waals surface area contributed by atoms with Gasteiger partial charge in [-0.1, -0.05) is 44.5 Å². The Balaban J connectivity index is 2.30. The zero-order valence-electron chi connectivity index (χ0n) is 14.4. The summed E-state index contributed by atoms with van der Waals surface area (Å²) in [5.74, 6) is 0.0643. The second-order valence-corrected chi connectivity index (χ2v) is 7.07. The lowest BCUT2D eigenvalue weighted by molar-refractivity contribution is -0.143. The molecule has 1 heterocycles. The van der Waals surface area contributed by atoms with Gasteiger partial charge in [0, 0.05) is 33.3 Å². The molecular formula is C18H28N2O2. The summed E-state index contributed by atoms with van der Waals surface area (Å²) in [6.07, 6.45) is -0.515. The summed E-state index contributed by atoms with van der Waals surface area (Å²) < 4.78 is 5.56. The Morgan fingerprint density at radius 2 is 1.86 bits per heavy atom. The summed E-state index contributed by atoms with van der Waals surface area (Å²) in [4.78, 5) is 14.7. The molecule has 4 heteroatoms. The first-order chi connectivity index (χ1) is 10.3. The summed E-state index contributed by atoms with van der Waals surface area (Å²) in [6.45, 7) is 11.8. The Labute approximate surface area is 133 Å². The van der Waals surface area contributed by atoms with E-state index in [4.69, 9.17) is 4.74 Å². The monoisotopic (exact) mass is 304 g/mol. The fourth-order valence-electron chi connectivity index (χ4n) is 2.83. The Morgan fingerprint density at radius 1 is 1.23 bits per heavy atom. The number of hydrogen-bond acceptors (Lipinski definition) is 3. The molecule has 1 N–H and O–H groups in total. The molecule has 0 spiro atoms. The number of nitrogens with zero attached hydrogens (tertiary/aromatic N) is 1. The predicted octanol–water partition coefficient (Wildman–Crippen LogP) is 2.41. The molecule has 1 aliphatic rings. The number of nitrogens with one attached hydrogen (secondary N) is 1. The van der Waals surface area contributed by atoms with Gasteiger partial charge in [0.1, 0.15) is 0 Å². The molecule has 1 saturated heterocycles. The minimum absolute atomic E-state index is 0.0527. The SMILES string of the molecule is COC(C(=O)N1CCNCC1)c1cc(C)cc(C(C)(C)C)c1. The van der Waals surface area contributed by atoms with Gasteiger partial charge in [0.15, 0.2) is 6.10 Å². The van der Waals surface area contributed by atoms with Crippen molar-refractivity contribution in [1.29, 1.82) is 0 Å². The van der Waals surface area contributed by atoms with Crippen molar-refractivity contribution in [3.05, 3.63) is 34.9 Å². The lowest BCUT2D eigenvalue weighted by atomic mass is 9.84. The van der Waals surface area contributed by atoms with Gasteiger partial charge in [0.05, 0.1) is 0 Å². The van der Waals surface area contributed by atoms with E-state index in [-0.39, 0.29) is 11.3 Å². The van der Waals surface area contributed by atoms with Crippen molar-refractivity contribution in [2.45, 2.75) is 39.2 Å². The van der Waals surface area contributed by atoms with E-state index in [0.717, 1.165) is 37.3 Å². The lowest BCUT2D eigenvalue weighted by Gasteiger charge is -2.31. The molecule has 2 rings (SSSR count). The van der Waals surface area contributed by atoms with Crippen molar-refractivity contribution in [3.8, 4) is 0 Å². The third-order valence-corrected chi connectivity index (χ3v) is 4.16. The third kappa shape index (κ3) is 3.87. The van der Waals surface area contributed by atoms with Crippen molar-refractivity contribution in [3.63, 3.8) is 0 Å². The number of ether oxygens (including phenoxy) is 1. The van der Waals surface area contributed by atoms with Crippen LogP contribution in [0.4, 0.5) is 0 Å². The molecule has 1 amide bonds. The highest BCUT2D eigenvalue weighted by molar-refractivity contribution is 5.82. The zero-order valence-corrected chi connectivity index (χ0v) is 14.4. The van der Waals surface area contributed by atoms with Gasteiger partial charge < -0.3 is 15.0 Å². The third-order valence-electron chi connectivity index (χ3n) is 4.16. The van der Waals surface area contributed by atoms with E-state index < -0.39 is 6.10 Å². The molecule has 1 atom stereocenters. The average Bonchev–Trinajstić information content (AvgIpc) is 2.47. The molecule has 1 unspecified atom stereocenters. The van der Waals surface area contributed by atoms with Crippen LogP contribution in [0.3, 0.4) is 0 Å². The maximum Gasteiger partial charge on any atom is 0.256 e. The Morgan fingerprint density at radius 3 is 2.41 bits per heavy atom. The number of aryl methyl sites for hydroxylation is 1. The van der Waals surface area contributed by atoms with Crippen LogP contribution in [-0.4, -0.2) is 44.1 Å². The first kappa shape index (κ1) is 17.0. The van der Waals surface area contributed by atoms with Crippen LogP contribution in [0.2, 0.25) is 0 Å². The van der Waals surface area contributed by atoms with Crippen molar-refractivity contribution >= 4 is 5.91 Å². The maximum absolute atomic E-state index is 12.8. The van der Waals surface area contributed by atoms with E-state index >= 15 is 0 Å². The predicted molar refractivity (Wildman–Crippen MR) is 89.1 cm³/mol. The van der Waals surface area contributed by atoms with Crippen molar-refractivity contribution < 1.29 is 9.53 Å². The number of rotatable bonds is 3. The topological polar surface area (TPSA) is 41.6 Å². The van der Waals surface area contributed by atoms with Crippen LogP contribution in [0.5, 0.6) is 0 Å². The van der Waals surface area contributed by atoms with Crippen LogP contribution >= 0.6 is 0 Å². The van der Waals surface area contributed by atoms with Gasteiger partial charge in [-0.2, -0.15) is 0 Å². The summed E-state index contributed by atoms with van der Waals surface area (Å²) in [5.41, 5.74) is 3.41. The number of hydrogen-bond donors (Lipinski definition) is 1. The normalized spacial score (nSPS) is 17.4. The average molecular weight is 304 g/mol. The number of carbonyl (C=O) groups excluding carboxylic acids is 1. The summed E-state index contributed by atoms with van der Waals surface area (Å²) >= 11 is 0. The first-order valence-corrected chi connectivity index (χ1v) is 7.97. The zero-order chi connectivity index (χ0) is 16.3. The van der Waals surface area contributed by atoms with E-state index in [1.54, 1.807) is 7.11 Å². The lowest BCUT2D eigenvalue weighted by Crippen LogP contribution is -2.48. The highest BCUT2D eigenvalue weighted by Gasteiger charge is 2.28. The second kappa shape index (κ2) is 6.80. The van der Waals surface area contributed by atoms with E-state index in [2.05, 4.69) is 51.2 Å². The Bertz CT molecular complexity index is 528. The van der Waals surface area contributed by atoms with Gasteiger partial charge in [0.2, 0.25) is 0 Å². The maximum atomic E-state index is 12.8. The van der Waals surface area contributed by atoms with E-state index in [9.17, 15) is 4.79 Å². The standard InChI is InChI=1S/C18H28N2O2/c1-13-10-14(12-15(11-13)18(2,3)4)16(22-5)17(21)20-8-6-19-7-9-20/h10-12,16,19H,6-9H2,1-5H3. The number of piperazine rings is 1. The fourth-order valence-corrected chi connectivity index (χ4v) is 2.83. The van der Waals surface area contributed by atoms with Crippen LogP contribution < -0.4 is 5.32 Å². The van der Waals surface area contributed by atoms with Gasteiger partial charge in [0.25, 0.3) is 5.91 Å². The largest absolute Gasteiger partial charge is 0.367 e. The smallest absolute Gasteiger partial charge is 0.256 e. The van der Waals surface area contributed by atoms with Crippen LogP contribution in [0.25, 0.3) is 0 Å². The number of carbonyl (C=O) groups is 1. The molecule has 0 bridgehead atoms. The molecular weight excluding hydrogens is 276 g/mol. The summed E-state index contributed by atoms with van der Waals surface area (Å²) in [5, 5.41) is 3.27. The highest BCUT2D eigenvalue weighted by atomic mass is 16.5. The molecule has 0 aromatic heterocycles. The molecule has 122 valence electrons. The van der Waals surface area contributed by atoms with Crippen molar-refractivity contribution in [2.24, 2.45) is 0 Å². The minimum atomic E-state index is -0.515. The molecule has 0 radical (unpaired) electrons. The molecule has 0 saturated carbocycles. The van der Waals surface area contributed by atoms with Crippen LogP contribution in [0.15, 0.2) is 18.2 Å². The minimum Gasteiger partial charge on any atom is -0.367 e. The molecule has 1 aliphatic heterocycles. The van der Waals surface area contributed by atoms with E-state index in [0.29, 0.717) is 0 Å². The first-order valence-electron chi connectivity index (χ1n) is 7.97. The highest BCUT2D eigenvalue weighted by Crippen LogP contribution is 2.28. The number of benzene rings is 1. The van der Waals surface area contributed by atoms with Crippen molar-refractivity contribution in [1.82, 2.24) is 10.2 Å². The molecule has 1 fully saturated rings. The number of methoxy groups -OCH3 is 1. The van der Waals surface area contributed by atoms with E-state index in [1.165, 1.54) is 5.56 Å². The second-order valence-electron chi connectivity index (χ2n) is 7.07. The Kier molecular flexibility index (Phi) is 5.24. The molecule has 1 aromatic carbocycles. The van der Waals surface area contributed by atoms with Gasteiger partial charge in [-0.3, -0.25) is 4.79 Å². The van der Waals surface area contributed by atoms with Gasteiger partial charge >= 0.3 is 0 Å². The molecule has 4 nitrogen and oxygen atoms in total. The van der Waals surface area contributed by atoms with Gasteiger partial charge in [-0.25, -0.2) is 0 Å². The quantitative estimate of drug-likeness (QED) is 0.932. The van der Waals surface area contributed by atoms with E-state index in [1.807, 2.05) is 4.90 Å². The van der Waals surface area contributed by atoms with Crippen molar-refractivity contribution in [2.75, 3.05) is 33.3 Å². The summed E-state index contributed by atoms with van der Waals surface area (Å²) in [7, 11) is 1.61. The number of amides is 1. The molecule has 22 heavy (non-hydrogen) atoms. The Hall–Kier alpha value is -1.39. The van der Waals surface area contributed by atoms with Gasteiger partial charge in [-0.15, -0.1) is 0 Å². The van der Waals surface area contributed by atoms with Crippen LogP contribution in [-0.2, 0) is 14.9 Å².